The summed E-state index contributed by atoms with van der Waals surface area (Å²) in [5, 5.41) is 29.7. The molecular weight excluding hydrogens is 1260 g/mol. The summed E-state index contributed by atoms with van der Waals surface area (Å²) in [6, 6.07) is 24.4. The van der Waals surface area contributed by atoms with Gasteiger partial charge >= 0.3 is 12.2 Å². The number of thioether (sulfide) groups is 1. The van der Waals surface area contributed by atoms with Crippen molar-refractivity contribution < 1.29 is 52.3 Å². The molecule has 3 aromatic heterocycles. The molecule has 0 saturated carbocycles. The van der Waals surface area contributed by atoms with Gasteiger partial charge in [0.1, 0.15) is 32.9 Å². The number of aromatic nitrogens is 7. The van der Waals surface area contributed by atoms with E-state index < -0.39 is 12.2 Å². The first kappa shape index (κ1) is 67.5. The molecular formula is C63H67Cl4N12O10S+. The first-order chi connectivity index (χ1) is 43.5. The fourth-order valence-corrected chi connectivity index (χ4v) is 11.2. The van der Waals surface area contributed by atoms with E-state index in [-0.39, 0.29) is 106 Å². The lowest BCUT2D eigenvalue weighted by molar-refractivity contribution is -0.672. The number of ketones is 2. The summed E-state index contributed by atoms with van der Waals surface area (Å²) >= 11 is 27.0. The van der Waals surface area contributed by atoms with Gasteiger partial charge in [0.25, 0.3) is 11.8 Å². The average Bonchev–Trinajstić information content (AvgIpc) is 1.60. The molecule has 1 aliphatic rings. The Hall–Kier alpha value is -8.48. The number of aryl methyl sites for hydroxylation is 3. The number of amides is 4. The number of ether oxygens (including phenoxy) is 4. The lowest BCUT2D eigenvalue weighted by atomic mass is 10.0. The van der Waals surface area contributed by atoms with E-state index in [2.05, 4.69) is 101 Å². The van der Waals surface area contributed by atoms with Gasteiger partial charge in [-0.25, -0.2) is 9.59 Å². The highest BCUT2D eigenvalue weighted by atomic mass is 35.5. The van der Waals surface area contributed by atoms with Crippen LogP contribution in [-0.4, -0.2) is 112 Å². The van der Waals surface area contributed by atoms with Gasteiger partial charge < -0.3 is 45.1 Å². The fraction of sp³-hybridized carbons (Fsp3) is 0.317. The monoisotopic (exact) mass is 1320 g/mol. The summed E-state index contributed by atoms with van der Waals surface area (Å²) in [6.07, 6.45) is 9.61. The van der Waals surface area contributed by atoms with Crippen molar-refractivity contribution in [1.82, 2.24) is 51.3 Å². The quantitative estimate of drug-likeness (QED) is 0.0129. The van der Waals surface area contributed by atoms with Gasteiger partial charge in [-0.3, -0.25) is 28.5 Å². The molecule has 90 heavy (non-hydrogen) atoms. The fourth-order valence-electron chi connectivity index (χ4n) is 9.09. The van der Waals surface area contributed by atoms with Crippen LogP contribution in [0, 0.1) is 0 Å². The summed E-state index contributed by atoms with van der Waals surface area (Å²) in [7, 11) is 0. The summed E-state index contributed by atoms with van der Waals surface area (Å²) in [4.78, 5) is 78.7. The van der Waals surface area contributed by atoms with Crippen molar-refractivity contribution in [3.63, 3.8) is 0 Å². The van der Waals surface area contributed by atoms with Crippen LogP contribution < -0.4 is 40.2 Å². The maximum absolute atomic E-state index is 12.8. The van der Waals surface area contributed by atoms with E-state index in [1.165, 1.54) is 24.3 Å². The van der Waals surface area contributed by atoms with Gasteiger partial charge in [0.05, 0.1) is 64.8 Å². The number of anilines is 1. The smallest absolute Gasteiger partial charge is 0.407 e. The average molecular weight is 1330 g/mol. The van der Waals surface area contributed by atoms with Crippen molar-refractivity contribution in [2.45, 2.75) is 90.0 Å². The molecule has 1 aliphatic heterocycles. The van der Waals surface area contributed by atoms with Crippen molar-refractivity contribution >= 4 is 116 Å². The van der Waals surface area contributed by atoms with Crippen LogP contribution in [0.3, 0.4) is 0 Å². The summed E-state index contributed by atoms with van der Waals surface area (Å²) in [5.41, 5.74) is 5.42. The van der Waals surface area contributed by atoms with Crippen LogP contribution in [-0.2, 0) is 51.8 Å². The van der Waals surface area contributed by atoms with Gasteiger partial charge in [-0.05, 0) is 97.4 Å². The van der Waals surface area contributed by atoms with Gasteiger partial charge in [0.2, 0.25) is 5.52 Å². The number of nitrogens with zero attached hydrogens (tertiary/aromatic N) is 8. The van der Waals surface area contributed by atoms with Crippen molar-refractivity contribution in [1.29, 1.82) is 0 Å². The Kier molecular flexibility index (Phi) is 25.0. The van der Waals surface area contributed by atoms with Crippen molar-refractivity contribution in [3.05, 3.63) is 175 Å². The maximum atomic E-state index is 12.8. The Labute approximate surface area is 544 Å². The minimum absolute atomic E-state index is 0.0336. The Morgan fingerprint density at radius 3 is 1.69 bits per heavy atom. The van der Waals surface area contributed by atoms with Gasteiger partial charge in [0.15, 0.2) is 37.5 Å². The minimum atomic E-state index is -0.580. The molecule has 0 saturated heterocycles. The van der Waals surface area contributed by atoms with E-state index in [1.807, 2.05) is 44.3 Å². The molecule has 8 rings (SSSR count). The normalized spacial score (nSPS) is 12.1. The summed E-state index contributed by atoms with van der Waals surface area (Å²) in [6.45, 7) is 13.9. The standard InChI is InChI=1S/C63H66Cl4N12O10S/c1-5-40(3)60(82)46-19-21-50(58(66)56(46)64)88-38-53(80)68-24-11-27-77-36-43(72-74-77)34-70-62(84)86-31-13-26-76-30-23-42(45-15-7-8-16-48(45)76)33-55-79(49-17-9-10-18-52(49)90-55)29-14-32-87-63(85)71-35-44-37-78(75-73-44)28-12-25-69-54(81)39-89-51-22-20-47(57(65)59(51)67)61(83)41(4)6-2/h7-10,15-23,30,33,36-37H,3-6,11-14,24-29,31-32,34-35,38-39H2,1-2H3,(H3-,68,69,70,71,80,81,84,85)/p+1. The van der Waals surface area contributed by atoms with Gasteiger partial charge in [-0.1, -0.05) is 120 Å². The molecule has 0 atom stereocenters. The molecule has 0 fully saturated rings. The number of alkyl carbamates (subject to hydrolysis) is 2. The molecule has 0 bridgehead atoms. The number of halogens is 4. The van der Waals surface area contributed by atoms with Crippen LogP contribution in [0.1, 0.15) is 90.0 Å². The lowest BCUT2D eigenvalue weighted by Crippen LogP contribution is -2.35. The zero-order chi connectivity index (χ0) is 64.1. The Bertz CT molecular complexity index is 3820. The molecule has 27 heteroatoms. The number of benzene rings is 4. The van der Waals surface area contributed by atoms with Crippen LogP contribution in [0.5, 0.6) is 11.5 Å². The number of carbonyl (C=O) groups excluding carboxylic acids is 6. The summed E-state index contributed by atoms with van der Waals surface area (Å²) in [5.74, 6) is -1.01. The molecule has 0 aliphatic carbocycles. The van der Waals surface area contributed by atoms with Crippen molar-refractivity contribution in [2.24, 2.45) is 0 Å². The maximum Gasteiger partial charge on any atom is 0.407 e. The SMILES string of the molecule is C=C(CC)C(=O)c1ccc(OCC(=O)NCCCn2cc(CNC(=O)OCCCN3C(=Cc4cc[n+](CCCOC(=O)NCc5cn(CCCNC(=O)COc6ccc(C(=O)C(=C)CC)c(Cl)c6Cl)nn5)c5ccccc45)Sc4ccccc43)nn2)c(Cl)c1Cl. The molecule has 4 N–H and O–H groups in total. The number of Topliss-reactive ketones (excluding diaryl/α,β-unsaturated/α-hetero) is 2. The molecule has 4 heterocycles. The number of carbonyl (C=O) groups is 6. The Morgan fingerprint density at radius 2 is 1.13 bits per heavy atom. The highest BCUT2D eigenvalue weighted by Gasteiger charge is 2.26. The molecule has 0 spiro atoms. The largest absolute Gasteiger partial charge is 0.482 e. The molecule has 0 unspecified atom stereocenters. The molecule has 7 aromatic rings. The minimum Gasteiger partial charge on any atom is -0.482 e. The van der Waals surface area contributed by atoms with Crippen LogP contribution in [0.4, 0.5) is 15.3 Å². The first-order valence-electron chi connectivity index (χ1n) is 29.0. The summed E-state index contributed by atoms with van der Waals surface area (Å²) < 4.78 is 27.5. The third-order valence-corrected chi connectivity index (χ3v) is 16.8. The number of para-hydroxylation sites is 2. The van der Waals surface area contributed by atoms with Crippen molar-refractivity contribution in [2.75, 3.05) is 51.0 Å². The Balaban J connectivity index is 0.708. The lowest BCUT2D eigenvalue weighted by Gasteiger charge is -2.20. The number of allylic oxidation sites excluding steroid dienone is 2. The molecule has 22 nitrogen and oxygen atoms in total. The van der Waals surface area contributed by atoms with E-state index in [1.54, 1.807) is 33.5 Å². The Morgan fingerprint density at radius 1 is 0.611 bits per heavy atom. The first-order valence-corrected chi connectivity index (χ1v) is 31.3. The van der Waals surface area contributed by atoms with Crippen LogP contribution >= 0.6 is 58.2 Å². The number of nitrogens with one attached hydrogen (secondary N) is 4. The van der Waals surface area contributed by atoms with E-state index in [4.69, 9.17) is 65.4 Å². The highest BCUT2D eigenvalue weighted by molar-refractivity contribution is 8.03. The van der Waals surface area contributed by atoms with Crippen LogP contribution in [0.2, 0.25) is 20.1 Å². The number of fused-ring (bicyclic) bond motifs is 2. The zero-order valence-corrected chi connectivity index (χ0v) is 53.4. The molecule has 472 valence electrons. The molecule has 0 radical (unpaired) electrons. The third-order valence-electron chi connectivity index (χ3n) is 14.0. The van der Waals surface area contributed by atoms with Crippen molar-refractivity contribution in [3.8, 4) is 11.5 Å². The second kappa shape index (κ2) is 33.4. The van der Waals surface area contributed by atoms with E-state index >= 15 is 0 Å². The topological polar surface area (TPSA) is 256 Å². The van der Waals surface area contributed by atoms with Crippen LogP contribution in [0.25, 0.3) is 17.0 Å². The van der Waals surface area contributed by atoms with Crippen LogP contribution in [0.15, 0.2) is 132 Å². The predicted octanol–water partition coefficient (Wildman–Crippen LogP) is 10.9. The van der Waals surface area contributed by atoms with Gasteiger partial charge in [-0.15, -0.1) is 10.2 Å². The number of hydrogen-bond acceptors (Lipinski definition) is 16. The van der Waals surface area contributed by atoms with Gasteiger partial charge in [0, 0.05) is 67.3 Å². The highest BCUT2D eigenvalue weighted by Crippen LogP contribution is 2.47. The number of rotatable bonds is 33. The number of hydrogen-bond donors (Lipinski definition) is 4. The van der Waals surface area contributed by atoms with Gasteiger partial charge in [-0.2, -0.15) is 4.57 Å². The molecule has 4 aromatic carbocycles. The molecule has 4 amide bonds. The zero-order valence-electron chi connectivity index (χ0n) is 49.5. The number of pyridine rings is 1. The predicted molar refractivity (Wildman–Crippen MR) is 344 cm³/mol. The van der Waals surface area contributed by atoms with E-state index in [0.29, 0.717) is 100 Å². The second-order valence-electron chi connectivity index (χ2n) is 20.4. The van der Waals surface area contributed by atoms with E-state index in [9.17, 15) is 28.8 Å². The third kappa shape index (κ3) is 18.6. The second-order valence-corrected chi connectivity index (χ2v) is 22.9. The van der Waals surface area contributed by atoms with E-state index in [0.717, 1.165) is 32.1 Å².